The minimum absolute atomic E-state index is 0.0717. The molecule has 0 atom stereocenters. The van der Waals surface area contributed by atoms with Crippen molar-refractivity contribution in [2.45, 2.75) is 12.6 Å². The van der Waals surface area contributed by atoms with Crippen LogP contribution in [0.25, 0.3) is 11.5 Å². The Morgan fingerprint density at radius 2 is 2.11 bits per heavy atom. The quantitative estimate of drug-likeness (QED) is 0.931. The fourth-order valence-corrected chi connectivity index (χ4v) is 1.43. The topological polar surface area (TPSA) is 68.4 Å². The Bertz CT molecular complexity index is 581. The van der Waals surface area contributed by atoms with Crippen LogP contribution < -0.4 is 4.74 Å². The lowest BCUT2D eigenvalue weighted by atomic mass is 10.2. The van der Waals surface area contributed by atoms with E-state index in [1.165, 1.54) is 25.3 Å². The van der Waals surface area contributed by atoms with E-state index in [0.29, 0.717) is 5.56 Å². The number of benzene rings is 1. The van der Waals surface area contributed by atoms with Crippen LogP contribution in [0.15, 0.2) is 22.7 Å². The van der Waals surface area contributed by atoms with Gasteiger partial charge in [0.25, 0.3) is 5.89 Å². The standard InChI is InChI=1S/C11H9F3N2O3/c1-18-8-4-6(2-3-7(8)17)10-15-9(16-19-10)5-11(12,13)14/h2-4,17H,5H2,1H3. The molecular weight excluding hydrogens is 265 g/mol. The van der Waals surface area contributed by atoms with Crippen LogP contribution in [0, 0.1) is 0 Å². The van der Waals surface area contributed by atoms with Crippen molar-refractivity contribution in [1.29, 1.82) is 0 Å². The summed E-state index contributed by atoms with van der Waals surface area (Å²) in [5.74, 6) is -0.457. The number of methoxy groups -OCH3 is 1. The van der Waals surface area contributed by atoms with Crippen LogP contribution in [-0.4, -0.2) is 28.5 Å². The largest absolute Gasteiger partial charge is 0.504 e. The Balaban J connectivity index is 2.28. The van der Waals surface area contributed by atoms with Crippen molar-refractivity contribution < 1.29 is 27.5 Å². The summed E-state index contributed by atoms with van der Waals surface area (Å²) in [6.07, 6.45) is -5.65. The summed E-state index contributed by atoms with van der Waals surface area (Å²) in [6, 6.07) is 4.14. The van der Waals surface area contributed by atoms with Gasteiger partial charge in [0.15, 0.2) is 17.3 Å². The molecule has 0 aliphatic rings. The lowest BCUT2D eigenvalue weighted by Gasteiger charge is -2.03. The maximum atomic E-state index is 12.1. The molecule has 0 saturated carbocycles. The van der Waals surface area contributed by atoms with Crippen molar-refractivity contribution in [3.8, 4) is 23.0 Å². The van der Waals surface area contributed by atoms with Crippen LogP contribution in [0.2, 0.25) is 0 Å². The number of alkyl halides is 3. The lowest BCUT2D eigenvalue weighted by Crippen LogP contribution is -2.12. The third-order valence-corrected chi connectivity index (χ3v) is 2.25. The van der Waals surface area contributed by atoms with E-state index in [-0.39, 0.29) is 17.4 Å². The number of phenolic OH excluding ortho intramolecular Hbond substituents is 1. The first kappa shape index (κ1) is 13.2. The van der Waals surface area contributed by atoms with Crippen LogP contribution >= 0.6 is 0 Å². The SMILES string of the molecule is COc1cc(-c2nc(CC(F)(F)F)no2)ccc1O. The molecule has 8 heteroatoms. The van der Waals surface area contributed by atoms with Crippen LogP contribution in [0.1, 0.15) is 5.82 Å². The zero-order valence-electron chi connectivity index (χ0n) is 9.73. The van der Waals surface area contributed by atoms with Gasteiger partial charge in [-0.2, -0.15) is 18.2 Å². The molecule has 0 bridgehead atoms. The second-order valence-corrected chi connectivity index (χ2v) is 3.69. The molecule has 0 aliphatic heterocycles. The Hall–Kier alpha value is -2.25. The fraction of sp³-hybridized carbons (Fsp3) is 0.273. The van der Waals surface area contributed by atoms with E-state index in [2.05, 4.69) is 10.1 Å². The summed E-state index contributed by atoms with van der Waals surface area (Å²) in [7, 11) is 1.35. The van der Waals surface area contributed by atoms with E-state index in [1.54, 1.807) is 0 Å². The van der Waals surface area contributed by atoms with Crippen LogP contribution in [0.5, 0.6) is 11.5 Å². The Labute approximate surface area is 105 Å². The van der Waals surface area contributed by atoms with Gasteiger partial charge in [-0.25, -0.2) is 0 Å². The summed E-state index contributed by atoms with van der Waals surface area (Å²) in [4.78, 5) is 3.64. The molecule has 1 aromatic heterocycles. The van der Waals surface area contributed by atoms with E-state index < -0.39 is 18.4 Å². The number of phenols is 1. The summed E-state index contributed by atoms with van der Waals surface area (Å²) in [5, 5.41) is 12.6. The zero-order valence-corrected chi connectivity index (χ0v) is 9.73. The van der Waals surface area contributed by atoms with Gasteiger partial charge in [0.05, 0.1) is 7.11 Å². The predicted octanol–water partition coefficient (Wildman–Crippen LogP) is 2.56. The molecule has 0 saturated heterocycles. The molecule has 0 fully saturated rings. The molecule has 0 aliphatic carbocycles. The number of rotatable bonds is 3. The van der Waals surface area contributed by atoms with Crippen molar-refractivity contribution in [3.63, 3.8) is 0 Å². The maximum Gasteiger partial charge on any atom is 0.396 e. The molecule has 0 unspecified atom stereocenters. The second-order valence-electron chi connectivity index (χ2n) is 3.69. The predicted molar refractivity (Wildman–Crippen MR) is 57.7 cm³/mol. The number of halogens is 3. The van der Waals surface area contributed by atoms with Crippen molar-refractivity contribution >= 4 is 0 Å². The summed E-state index contributed by atoms with van der Waals surface area (Å²) in [6.45, 7) is 0. The summed E-state index contributed by atoms with van der Waals surface area (Å²) in [5.41, 5.74) is 0.357. The van der Waals surface area contributed by atoms with Gasteiger partial charge in [-0.1, -0.05) is 5.16 Å². The molecule has 2 rings (SSSR count). The Morgan fingerprint density at radius 1 is 1.37 bits per heavy atom. The highest BCUT2D eigenvalue weighted by Gasteiger charge is 2.30. The molecule has 5 nitrogen and oxygen atoms in total. The molecule has 1 heterocycles. The second kappa shape index (κ2) is 4.79. The number of nitrogens with zero attached hydrogens (tertiary/aromatic N) is 2. The first-order valence-electron chi connectivity index (χ1n) is 5.16. The fourth-order valence-electron chi connectivity index (χ4n) is 1.43. The first-order chi connectivity index (χ1) is 8.89. The number of hydrogen-bond donors (Lipinski definition) is 1. The van der Waals surface area contributed by atoms with Gasteiger partial charge in [-0.3, -0.25) is 0 Å². The number of aromatic hydroxyl groups is 1. The minimum atomic E-state index is -4.40. The van der Waals surface area contributed by atoms with E-state index >= 15 is 0 Å². The zero-order chi connectivity index (χ0) is 14.0. The van der Waals surface area contributed by atoms with Crippen molar-refractivity contribution in [3.05, 3.63) is 24.0 Å². The van der Waals surface area contributed by atoms with E-state index in [9.17, 15) is 18.3 Å². The van der Waals surface area contributed by atoms with Gasteiger partial charge >= 0.3 is 6.18 Å². The van der Waals surface area contributed by atoms with Crippen molar-refractivity contribution in [2.24, 2.45) is 0 Å². The van der Waals surface area contributed by atoms with Crippen LogP contribution in [-0.2, 0) is 6.42 Å². The number of hydrogen-bond acceptors (Lipinski definition) is 5. The number of aromatic nitrogens is 2. The number of ether oxygens (including phenoxy) is 1. The average Bonchev–Trinajstić information content (AvgIpc) is 2.75. The molecular formula is C11H9F3N2O3. The average molecular weight is 274 g/mol. The normalized spacial score (nSPS) is 11.6. The molecule has 2 aromatic rings. The molecule has 1 aromatic carbocycles. The molecule has 0 amide bonds. The third-order valence-electron chi connectivity index (χ3n) is 2.25. The van der Waals surface area contributed by atoms with E-state index in [1.807, 2.05) is 0 Å². The Kier molecular flexibility index (Phi) is 3.32. The molecule has 0 radical (unpaired) electrons. The molecule has 0 spiro atoms. The van der Waals surface area contributed by atoms with Crippen molar-refractivity contribution in [2.75, 3.05) is 7.11 Å². The first-order valence-corrected chi connectivity index (χ1v) is 5.16. The Morgan fingerprint density at radius 3 is 2.74 bits per heavy atom. The molecule has 102 valence electrons. The van der Waals surface area contributed by atoms with Crippen LogP contribution in [0.4, 0.5) is 13.2 Å². The third kappa shape index (κ3) is 3.15. The van der Waals surface area contributed by atoms with E-state index in [0.717, 1.165) is 0 Å². The van der Waals surface area contributed by atoms with Gasteiger partial charge in [0.1, 0.15) is 6.42 Å². The summed E-state index contributed by atoms with van der Waals surface area (Å²) < 4.78 is 46.1. The maximum absolute atomic E-state index is 12.1. The highest BCUT2D eigenvalue weighted by molar-refractivity contribution is 5.59. The van der Waals surface area contributed by atoms with Gasteiger partial charge < -0.3 is 14.4 Å². The van der Waals surface area contributed by atoms with Crippen LogP contribution in [0.3, 0.4) is 0 Å². The van der Waals surface area contributed by atoms with E-state index in [4.69, 9.17) is 9.26 Å². The van der Waals surface area contributed by atoms with Crippen molar-refractivity contribution in [1.82, 2.24) is 10.1 Å². The summed E-state index contributed by atoms with van der Waals surface area (Å²) >= 11 is 0. The lowest BCUT2D eigenvalue weighted by molar-refractivity contribution is -0.128. The van der Waals surface area contributed by atoms with Gasteiger partial charge in [-0.05, 0) is 18.2 Å². The van der Waals surface area contributed by atoms with Gasteiger partial charge in [0, 0.05) is 5.56 Å². The monoisotopic (exact) mass is 274 g/mol. The highest BCUT2D eigenvalue weighted by atomic mass is 19.4. The smallest absolute Gasteiger partial charge is 0.396 e. The van der Waals surface area contributed by atoms with Gasteiger partial charge in [-0.15, -0.1) is 0 Å². The molecule has 19 heavy (non-hydrogen) atoms. The minimum Gasteiger partial charge on any atom is -0.504 e. The highest BCUT2D eigenvalue weighted by Crippen LogP contribution is 2.31. The molecule has 1 N–H and O–H groups in total. The van der Waals surface area contributed by atoms with Gasteiger partial charge in [0.2, 0.25) is 0 Å².